The summed E-state index contributed by atoms with van der Waals surface area (Å²) in [6.45, 7) is 5.56. The van der Waals surface area contributed by atoms with E-state index in [0.29, 0.717) is 6.04 Å². The van der Waals surface area contributed by atoms with Crippen molar-refractivity contribution in [2.24, 2.45) is 0 Å². The van der Waals surface area contributed by atoms with E-state index in [4.69, 9.17) is 0 Å². The van der Waals surface area contributed by atoms with E-state index < -0.39 is 0 Å². The summed E-state index contributed by atoms with van der Waals surface area (Å²) in [5.74, 6) is 0. The predicted octanol–water partition coefficient (Wildman–Crippen LogP) is 1.46. The zero-order valence-corrected chi connectivity index (χ0v) is 9.87. The second-order valence-corrected chi connectivity index (χ2v) is 5.12. The highest BCUT2D eigenvalue weighted by molar-refractivity contribution is 5.12. The molecule has 0 aromatic carbocycles. The van der Waals surface area contributed by atoms with Gasteiger partial charge < -0.3 is 4.90 Å². The molecule has 2 unspecified atom stereocenters. The smallest absolute Gasteiger partial charge is 0.111 e. The van der Waals surface area contributed by atoms with Gasteiger partial charge in [0.2, 0.25) is 0 Å². The monoisotopic (exact) mass is 207 g/mol. The van der Waals surface area contributed by atoms with E-state index >= 15 is 0 Å². The Morgan fingerprint density at radius 1 is 1.27 bits per heavy atom. The molecule has 0 amide bonds. The van der Waals surface area contributed by atoms with E-state index in [9.17, 15) is 5.26 Å². The maximum Gasteiger partial charge on any atom is 0.111 e. The molecule has 2 aliphatic heterocycles. The van der Waals surface area contributed by atoms with Crippen LogP contribution in [0.3, 0.4) is 0 Å². The minimum Gasteiger partial charge on any atom is -0.303 e. The molecule has 0 aromatic heterocycles. The largest absolute Gasteiger partial charge is 0.303 e. The minimum atomic E-state index is -0.150. The molecule has 3 heteroatoms. The molecule has 84 valence electrons. The van der Waals surface area contributed by atoms with Gasteiger partial charge in [0.05, 0.1) is 6.07 Å². The lowest BCUT2D eigenvalue weighted by Crippen LogP contribution is -2.55. The standard InChI is InChI=1S/C12H21N3/c1-11-9-12(10-13,5-8-14(11)2)15-6-3-4-7-15/h11H,3-9H2,1-2H3. The first-order chi connectivity index (χ1) is 7.18. The van der Waals surface area contributed by atoms with Gasteiger partial charge in [-0.1, -0.05) is 0 Å². The van der Waals surface area contributed by atoms with Gasteiger partial charge in [-0.15, -0.1) is 0 Å². The summed E-state index contributed by atoms with van der Waals surface area (Å²) < 4.78 is 0. The van der Waals surface area contributed by atoms with E-state index in [-0.39, 0.29) is 5.54 Å². The molecule has 2 atom stereocenters. The van der Waals surface area contributed by atoms with Gasteiger partial charge in [0.15, 0.2) is 0 Å². The summed E-state index contributed by atoms with van der Waals surface area (Å²) in [6.07, 6.45) is 4.58. The lowest BCUT2D eigenvalue weighted by atomic mass is 9.83. The van der Waals surface area contributed by atoms with Gasteiger partial charge in [0.1, 0.15) is 5.54 Å². The zero-order chi connectivity index (χ0) is 10.9. The van der Waals surface area contributed by atoms with E-state index in [1.165, 1.54) is 12.8 Å². The molecule has 3 nitrogen and oxygen atoms in total. The summed E-state index contributed by atoms with van der Waals surface area (Å²) in [4.78, 5) is 4.79. The molecule has 0 spiro atoms. The molecule has 0 aliphatic carbocycles. The van der Waals surface area contributed by atoms with Crippen molar-refractivity contribution in [2.75, 3.05) is 26.7 Å². The van der Waals surface area contributed by atoms with E-state index in [0.717, 1.165) is 32.5 Å². The van der Waals surface area contributed by atoms with Crippen molar-refractivity contribution in [1.29, 1.82) is 5.26 Å². The van der Waals surface area contributed by atoms with Crippen molar-refractivity contribution in [3.63, 3.8) is 0 Å². The highest BCUT2D eigenvalue weighted by Gasteiger charge is 2.42. The lowest BCUT2D eigenvalue weighted by molar-refractivity contribution is 0.0584. The maximum atomic E-state index is 9.50. The molecule has 0 bridgehead atoms. The molecule has 0 aromatic rings. The Morgan fingerprint density at radius 2 is 1.93 bits per heavy atom. The Hall–Kier alpha value is -0.590. The average molecular weight is 207 g/mol. The topological polar surface area (TPSA) is 30.3 Å². The van der Waals surface area contributed by atoms with Crippen LogP contribution in [0.25, 0.3) is 0 Å². The Morgan fingerprint density at radius 3 is 2.47 bits per heavy atom. The van der Waals surface area contributed by atoms with Crippen molar-refractivity contribution in [3.8, 4) is 6.07 Å². The molecular weight excluding hydrogens is 186 g/mol. The summed E-state index contributed by atoms with van der Waals surface area (Å²) in [5, 5.41) is 9.50. The van der Waals surface area contributed by atoms with Crippen molar-refractivity contribution < 1.29 is 0 Å². The van der Waals surface area contributed by atoms with Crippen LogP contribution in [-0.4, -0.2) is 48.1 Å². The molecule has 2 heterocycles. The first-order valence-corrected chi connectivity index (χ1v) is 6.04. The molecule has 2 saturated heterocycles. The first-order valence-electron chi connectivity index (χ1n) is 6.04. The van der Waals surface area contributed by atoms with Gasteiger partial charge in [0.25, 0.3) is 0 Å². The number of hydrogen-bond acceptors (Lipinski definition) is 3. The average Bonchev–Trinajstić information content (AvgIpc) is 2.76. The SMILES string of the molecule is CC1CC(C#N)(N2CCCC2)CCN1C. The van der Waals surface area contributed by atoms with Gasteiger partial charge in [-0.25, -0.2) is 0 Å². The van der Waals surface area contributed by atoms with Crippen LogP contribution in [0.5, 0.6) is 0 Å². The molecule has 2 aliphatic rings. The number of rotatable bonds is 1. The third-order valence-corrected chi connectivity index (χ3v) is 4.18. The maximum absolute atomic E-state index is 9.50. The van der Waals surface area contributed by atoms with Crippen molar-refractivity contribution in [2.45, 2.75) is 44.2 Å². The van der Waals surface area contributed by atoms with Crippen LogP contribution in [-0.2, 0) is 0 Å². The molecule has 15 heavy (non-hydrogen) atoms. The van der Waals surface area contributed by atoms with Crippen molar-refractivity contribution >= 4 is 0 Å². The third-order valence-electron chi connectivity index (χ3n) is 4.18. The first kappa shape index (κ1) is 10.9. The van der Waals surface area contributed by atoms with Crippen molar-refractivity contribution in [3.05, 3.63) is 0 Å². The number of piperidine rings is 1. The quantitative estimate of drug-likeness (QED) is 0.652. The predicted molar refractivity (Wildman–Crippen MR) is 60.5 cm³/mol. The van der Waals surface area contributed by atoms with Crippen LogP contribution in [0.2, 0.25) is 0 Å². The Labute approximate surface area is 92.7 Å². The Balaban J connectivity index is 2.12. The normalized spacial score (nSPS) is 39.1. The molecule has 0 saturated carbocycles. The highest BCUT2D eigenvalue weighted by atomic mass is 15.2. The number of nitriles is 1. The van der Waals surface area contributed by atoms with Gasteiger partial charge in [-0.2, -0.15) is 5.26 Å². The number of nitrogens with zero attached hydrogens (tertiary/aromatic N) is 3. The molecule has 2 fully saturated rings. The van der Waals surface area contributed by atoms with Crippen LogP contribution in [0.4, 0.5) is 0 Å². The fraction of sp³-hybridized carbons (Fsp3) is 0.917. The van der Waals surface area contributed by atoms with Crippen LogP contribution in [0.15, 0.2) is 0 Å². The minimum absolute atomic E-state index is 0.150. The second kappa shape index (κ2) is 4.11. The third kappa shape index (κ3) is 1.89. The van der Waals surface area contributed by atoms with Crippen LogP contribution < -0.4 is 0 Å². The van der Waals surface area contributed by atoms with E-state index in [1.54, 1.807) is 0 Å². The van der Waals surface area contributed by atoms with Gasteiger partial charge in [0, 0.05) is 12.6 Å². The zero-order valence-electron chi connectivity index (χ0n) is 9.87. The molecule has 0 radical (unpaired) electrons. The Bertz CT molecular complexity index is 265. The van der Waals surface area contributed by atoms with Crippen LogP contribution >= 0.6 is 0 Å². The summed E-state index contributed by atoms with van der Waals surface area (Å²) in [6, 6.07) is 3.15. The summed E-state index contributed by atoms with van der Waals surface area (Å²) >= 11 is 0. The number of likely N-dealkylation sites (tertiary alicyclic amines) is 2. The van der Waals surface area contributed by atoms with Crippen molar-refractivity contribution in [1.82, 2.24) is 9.80 Å². The molecular formula is C12H21N3. The van der Waals surface area contributed by atoms with E-state index in [2.05, 4.69) is 29.8 Å². The molecule has 2 rings (SSSR count). The van der Waals surface area contributed by atoms with Gasteiger partial charge in [-0.05, 0) is 52.7 Å². The molecule has 0 N–H and O–H groups in total. The highest BCUT2D eigenvalue weighted by Crippen LogP contribution is 2.33. The Kier molecular flexibility index (Phi) is 2.99. The number of hydrogen-bond donors (Lipinski definition) is 0. The van der Waals surface area contributed by atoms with Gasteiger partial charge >= 0.3 is 0 Å². The fourth-order valence-corrected chi connectivity index (χ4v) is 2.93. The second-order valence-electron chi connectivity index (χ2n) is 5.12. The van der Waals surface area contributed by atoms with Gasteiger partial charge in [-0.3, -0.25) is 4.90 Å². The summed E-state index contributed by atoms with van der Waals surface area (Å²) in [7, 11) is 2.16. The summed E-state index contributed by atoms with van der Waals surface area (Å²) in [5.41, 5.74) is -0.150. The van der Waals surface area contributed by atoms with E-state index in [1.807, 2.05) is 0 Å². The fourth-order valence-electron chi connectivity index (χ4n) is 2.93. The lowest BCUT2D eigenvalue weighted by Gasteiger charge is -2.45. The van der Waals surface area contributed by atoms with Crippen LogP contribution in [0.1, 0.15) is 32.6 Å². The van der Waals surface area contributed by atoms with Crippen LogP contribution in [0, 0.1) is 11.3 Å².